The first-order valence-corrected chi connectivity index (χ1v) is 11.0. The Morgan fingerprint density at radius 2 is 1.91 bits per heavy atom. The number of piperidine rings is 1. The van der Waals surface area contributed by atoms with E-state index in [1.165, 1.54) is 25.0 Å². The number of rotatable bonds is 5. The maximum absolute atomic E-state index is 14.0. The first-order valence-electron chi connectivity index (χ1n) is 11.0. The van der Waals surface area contributed by atoms with Crippen LogP contribution in [0.25, 0.3) is 11.3 Å². The molecule has 32 heavy (non-hydrogen) atoms. The van der Waals surface area contributed by atoms with Crippen molar-refractivity contribution in [2.45, 2.75) is 44.2 Å². The van der Waals surface area contributed by atoms with E-state index < -0.39 is 17.5 Å². The highest BCUT2D eigenvalue weighted by molar-refractivity contribution is 5.94. The van der Waals surface area contributed by atoms with Crippen molar-refractivity contribution < 1.29 is 22.9 Å². The molecular weight excluding hydrogens is 418 g/mol. The molecule has 0 bridgehead atoms. The van der Waals surface area contributed by atoms with Crippen LogP contribution in [0.15, 0.2) is 28.8 Å². The van der Waals surface area contributed by atoms with Crippen LogP contribution in [0.5, 0.6) is 0 Å². The molecule has 2 amide bonds. The van der Waals surface area contributed by atoms with Crippen LogP contribution in [0.3, 0.4) is 0 Å². The smallest absolute Gasteiger partial charge is 0.273 e. The van der Waals surface area contributed by atoms with Crippen LogP contribution in [0.2, 0.25) is 0 Å². The van der Waals surface area contributed by atoms with Gasteiger partial charge in [0, 0.05) is 51.4 Å². The van der Waals surface area contributed by atoms with Crippen LogP contribution in [0.4, 0.5) is 8.78 Å². The van der Waals surface area contributed by atoms with E-state index in [0.29, 0.717) is 19.0 Å². The Kier molecular flexibility index (Phi) is 6.55. The van der Waals surface area contributed by atoms with Gasteiger partial charge in [0.15, 0.2) is 11.5 Å². The van der Waals surface area contributed by atoms with Crippen LogP contribution in [0, 0.1) is 17.6 Å². The molecule has 0 unspecified atom stereocenters. The lowest BCUT2D eigenvalue weighted by molar-refractivity contribution is -0.136. The molecular formula is C23H28F2N4O3. The Labute approximate surface area is 185 Å². The van der Waals surface area contributed by atoms with E-state index in [1.807, 2.05) is 0 Å². The van der Waals surface area contributed by atoms with Gasteiger partial charge in [0.05, 0.1) is 11.5 Å². The van der Waals surface area contributed by atoms with Gasteiger partial charge in [-0.3, -0.25) is 14.5 Å². The zero-order chi connectivity index (χ0) is 22.8. The Morgan fingerprint density at radius 1 is 1.16 bits per heavy atom. The molecule has 0 radical (unpaired) electrons. The molecule has 2 heterocycles. The number of aromatic nitrogens is 1. The van der Waals surface area contributed by atoms with E-state index in [-0.39, 0.29) is 34.9 Å². The normalized spacial score (nSPS) is 22.1. The van der Waals surface area contributed by atoms with E-state index in [9.17, 15) is 18.4 Å². The number of benzene rings is 1. The van der Waals surface area contributed by atoms with Gasteiger partial charge >= 0.3 is 0 Å². The molecule has 0 spiro atoms. The number of likely N-dealkylation sites (tertiary alicyclic amines) is 1. The molecule has 9 heteroatoms. The second kappa shape index (κ2) is 9.36. The fourth-order valence-corrected chi connectivity index (χ4v) is 4.77. The summed E-state index contributed by atoms with van der Waals surface area (Å²) >= 11 is 0. The summed E-state index contributed by atoms with van der Waals surface area (Å²) in [6.07, 6.45) is 5.40. The molecule has 2 fully saturated rings. The predicted molar refractivity (Wildman–Crippen MR) is 114 cm³/mol. The van der Waals surface area contributed by atoms with Crippen LogP contribution < -0.4 is 5.32 Å². The standard InChI is InChI=1S/C23H28F2N4O3/c1-28(2)23(31)17-13-29(15-5-3-4-6-15)10-9-19(17)26-22(30)20-12-21(32-27-20)16-8-7-14(24)11-18(16)25/h7-8,11-12,15,17,19H,3-6,9-10,13H2,1-2H3,(H,26,30)/t17-,19-/m1/s1. The average Bonchev–Trinajstić information content (AvgIpc) is 3.46. The Balaban J connectivity index is 1.47. The fraction of sp³-hybridized carbons (Fsp3) is 0.522. The Bertz CT molecular complexity index is 987. The molecule has 7 nitrogen and oxygen atoms in total. The average molecular weight is 446 g/mol. The van der Waals surface area contributed by atoms with Crippen LogP contribution in [0.1, 0.15) is 42.6 Å². The lowest BCUT2D eigenvalue weighted by atomic mass is 9.89. The van der Waals surface area contributed by atoms with Crippen LogP contribution in [-0.2, 0) is 4.79 Å². The number of hydrogen-bond acceptors (Lipinski definition) is 5. The summed E-state index contributed by atoms with van der Waals surface area (Å²) in [5, 5.41) is 6.68. The van der Waals surface area contributed by atoms with Gasteiger partial charge in [-0.05, 0) is 31.4 Å². The van der Waals surface area contributed by atoms with Gasteiger partial charge in [-0.1, -0.05) is 18.0 Å². The highest BCUT2D eigenvalue weighted by Gasteiger charge is 2.39. The molecule has 1 aliphatic carbocycles. The quantitative estimate of drug-likeness (QED) is 0.764. The molecule has 4 rings (SSSR count). The lowest BCUT2D eigenvalue weighted by Gasteiger charge is -2.41. The minimum absolute atomic E-state index is 0.0157. The second-order valence-electron chi connectivity index (χ2n) is 8.84. The highest BCUT2D eigenvalue weighted by Crippen LogP contribution is 2.29. The maximum atomic E-state index is 14.0. The van der Waals surface area contributed by atoms with E-state index in [1.54, 1.807) is 19.0 Å². The zero-order valence-electron chi connectivity index (χ0n) is 18.3. The second-order valence-corrected chi connectivity index (χ2v) is 8.84. The van der Waals surface area contributed by atoms with Gasteiger partial charge in [0.25, 0.3) is 5.91 Å². The summed E-state index contributed by atoms with van der Waals surface area (Å²) in [5.74, 6) is -2.34. The number of nitrogens with zero attached hydrogens (tertiary/aromatic N) is 3. The fourth-order valence-electron chi connectivity index (χ4n) is 4.77. The van der Waals surface area contributed by atoms with Gasteiger partial charge in [0.1, 0.15) is 11.6 Å². The molecule has 1 saturated carbocycles. The van der Waals surface area contributed by atoms with Gasteiger partial charge < -0.3 is 14.7 Å². The molecule has 1 N–H and O–H groups in total. The van der Waals surface area contributed by atoms with Crippen molar-refractivity contribution in [2.75, 3.05) is 27.2 Å². The summed E-state index contributed by atoms with van der Waals surface area (Å²) in [6.45, 7) is 1.43. The number of nitrogens with one attached hydrogen (secondary N) is 1. The van der Waals surface area contributed by atoms with Crippen molar-refractivity contribution in [3.8, 4) is 11.3 Å². The summed E-state index contributed by atoms with van der Waals surface area (Å²) in [4.78, 5) is 29.7. The first-order chi connectivity index (χ1) is 15.3. The zero-order valence-corrected chi connectivity index (χ0v) is 18.3. The Morgan fingerprint density at radius 3 is 2.59 bits per heavy atom. The summed E-state index contributed by atoms with van der Waals surface area (Å²) < 4.78 is 32.3. The maximum Gasteiger partial charge on any atom is 0.273 e. The number of carbonyl (C=O) groups excluding carboxylic acids is 2. The van der Waals surface area contributed by atoms with Crippen molar-refractivity contribution in [1.82, 2.24) is 20.3 Å². The van der Waals surface area contributed by atoms with Crippen molar-refractivity contribution in [1.29, 1.82) is 0 Å². The molecule has 1 saturated heterocycles. The van der Waals surface area contributed by atoms with E-state index in [2.05, 4.69) is 15.4 Å². The SMILES string of the molecule is CN(C)C(=O)[C@@H]1CN(C2CCCC2)CC[C@H]1NC(=O)c1cc(-c2ccc(F)cc2F)on1. The van der Waals surface area contributed by atoms with Crippen molar-refractivity contribution in [3.63, 3.8) is 0 Å². The first kappa shape index (κ1) is 22.4. The highest BCUT2D eigenvalue weighted by atomic mass is 19.1. The lowest BCUT2D eigenvalue weighted by Crippen LogP contribution is -2.57. The third-order valence-corrected chi connectivity index (χ3v) is 6.50. The van der Waals surface area contributed by atoms with Crippen molar-refractivity contribution in [2.24, 2.45) is 5.92 Å². The minimum atomic E-state index is -0.802. The van der Waals surface area contributed by atoms with E-state index in [0.717, 1.165) is 31.5 Å². The topological polar surface area (TPSA) is 78.7 Å². The minimum Gasteiger partial charge on any atom is -0.355 e. The number of halogens is 2. The largest absolute Gasteiger partial charge is 0.355 e. The van der Waals surface area contributed by atoms with Gasteiger partial charge in [-0.25, -0.2) is 8.78 Å². The monoisotopic (exact) mass is 446 g/mol. The van der Waals surface area contributed by atoms with E-state index in [4.69, 9.17) is 4.52 Å². The number of amides is 2. The summed E-state index contributed by atoms with van der Waals surface area (Å²) in [6, 6.07) is 4.58. The van der Waals surface area contributed by atoms with Gasteiger partial charge in [0.2, 0.25) is 5.91 Å². The van der Waals surface area contributed by atoms with Gasteiger partial charge in [-0.2, -0.15) is 0 Å². The van der Waals surface area contributed by atoms with E-state index >= 15 is 0 Å². The molecule has 1 aliphatic heterocycles. The molecule has 1 aromatic carbocycles. The van der Waals surface area contributed by atoms with Gasteiger partial charge in [-0.15, -0.1) is 0 Å². The summed E-state index contributed by atoms with van der Waals surface area (Å²) in [7, 11) is 3.44. The third kappa shape index (κ3) is 4.67. The van der Waals surface area contributed by atoms with Crippen LogP contribution in [-0.4, -0.2) is 66.0 Å². The summed E-state index contributed by atoms with van der Waals surface area (Å²) in [5.41, 5.74) is 0.00137. The third-order valence-electron chi connectivity index (χ3n) is 6.50. The molecule has 172 valence electrons. The van der Waals surface area contributed by atoms with Crippen molar-refractivity contribution >= 4 is 11.8 Å². The molecule has 2 atom stereocenters. The molecule has 2 aromatic rings. The number of hydrogen-bond donors (Lipinski definition) is 1. The Hall–Kier alpha value is -2.81. The predicted octanol–water partition coefficient (Wildman–Crippen LogP) is 3.07. The number of carbonyl (C=O) groups is 2. The molecule has 1 aromatic heterocycles. The van der Waals surface area contributed by atoms with Crippen LogP contribution >= 0.6 is 0 Å². The molecule has 2 aliphatic rings. The van der Waals surface area contributed by atoms with Crippen molar-refractivity contribution in [3.05, 3.63) is 41.6 Å².